The number of hydrogen-bond acceptors (Lipinski definition) is 8. The van der Waals surface area contributed by atoms with Gasteiger partial charge in [-0.05, 0) is 115 Å². The summed E-state index contributed by atoms with van der Waals surface area (Å²) in [4.78, 5) is 79.2. The maximum Gasteiger partial charge on any atom is 0.407 e. The van der Waals surface area contributed by atoms with E-state index in [9.17, 15) is 19.2 Å². The molecule has 16 nitrogen and oxygen atoms in total. The van der Waals surface area contributed by atoms with Crippen LogP contribution >= 0.6 is 0 Å². The number of fused-ring (bicyclic) bond motifs is 7. The van der Waals surface area contributed by atoms with Crippen LogP contribution in [0.15, 0.2) is 267 Å². The van der Waals surface area contributed by atoms with Gasteiger partial charge in [0.1, 0.15) is 30.3 Å². The molecular formula is C86H81N11O5. The minimum atomic E-state index is -0.939. The van der Waals surface area contributed by atoms with E-state index in [2.05, 4.69) is 119 Å². The van der Waals surface area contributed by atoms with Gasteiger partial charge >= 0.3 is 6.09 Å². The summed E-state index contributed by atoms with van der Waals surface area (Å²) in [6.07, 6.45) is 10.1. The molecule has 16 rings (SSSR count). The summed E-state index contributed by atoms with van der Waals surface area (Å²) in [5.41, 5.74) is 14.3. The quantitative estimate of drug-likeness (QED) is 0.0335. The molecular weight excluding hydrogens is 1270 g/mol. The number of H-pyrrole nitrogens is 4. The van der Waals surface area contributed by atoms with Crippen LogP contribution in [0, 0.1) is 5.92 Å². The number of piperidine rings is 1. The first kappa shape index (κ1) is 67.1. The Hall–Kier alpha value is -12.1. The van der Waals surface area contributed by atoms with Crippen LogP contribution in [0.2, 0.25) is 0 Å². The van der Waals surface area contributed by atoms with E-state index in [4.69, 9.17) is 14.7 Å². The van der Waals surface area contributed by atoms with Gasteiger partial charge < -0.3 is 51.3 Å². The summed E-state index contributed by atoms with van der Waals surface area (Å²) in [7, 11) is 0. The highest BCUT2D eigenvalue weighted by atomic mass is 16.5. The molecule has 5 heterocycles. The first-order valence-electron chi connectivity index (χ1n) is 34.7. The highest BCUT2D eigenvalue weighted by Gasteiger charge is 2.33. The maximum atomic E-state index is 14.6. The first-order chi connectivity index (χ1) is 49.7. The smallest absolute Gasteiger partial charge is 0.407 e. The number of nitrogens with one attached hydrogen (secondary N) is 9. The number of hydrogen-bond donors (Lipinski definition) is 9. The molecule has 4 amide bonds. The van der Waals surface area contributed by atoms with Gasteiger partial charge in [-0.3, -0.25) is 14.4 Å². The first-order valence-corrected chi connectivity index (χ1v) is 34.7. The fraction of sp³-hybridized carbons (Fsp3) is 0.186. The molecule has 0 saturated carbocycles. The van der Waals surface area contributed by atoms with E-state index in [-0.39, 0.29) is 50.0 Å². The third-order valence-electron chi connectivity index (χ3n) is 19.7. The van der Waals surface area contributed by atoms with E-state index in [0.29, 0.717) is 30.9 Å². The standard InChI is InChI=1S/C47H39N5O3.C38H38N6O2.CH4/c53-46(51-42(26-34-27-48-41-21-11-10-16-35(34)41)45-49-28-44(50-45)32-13-2-1-3-14-32)43(25-30-22-23-31-12-4-5-15-33(31)24-30)52-47(54)55-29-40-38-19-8-6-17-36(38)37-18-7-9-20-39(37)40;45-37(28-16-18-39-19-17-28)44-34(21-25-14-15-26-8-4-5-11-29(26)20-25)38(46)43-33(22-30-23-40-32-13-7-6-12-31(30)32)36-41-24-35(42-36)27-9-2-1-3-10-27;/h1-24,27-28,40,42-43,48H,25-26,29H2,(H,49,50)(H,51,53)(H,52,54);1-15,20,23-24,28,33-34,39-40H,16-19,21-22H2,(H,41,42)(H,43,46)(H,44,45);1H4/t42-,43-;33-,34-;/m11./s1. The van der Waals surface area contributed by atoms with E-state index < -0.39 is 30.3 Å². The van der Waals surface area contributed by atoms with Gasteiger partial charge in [-0.1, -0.05) is 238 Å². The van der Waals surface area contributed by atoms with Crippen molar-refractivity contribution in [2.75, 3.05) is 19.7 Å². The normalized spacial score (nSPS) is 13.9. The summed E-state index contributed by atoms with van der Waals surface area (Å²) in [5.74, 6) is 0.398. The lowest BCUT2D eigenvalue weighted by atomic mass is 9.95. The summed E-state index contributed by atoms with van der Waals surface area (Å²) in [5, 5.41) is 22.5. The van der Waals surface area contributed by atoms with Crippen LogP contribution in [-0.4, -0.2) is 85.5 Å². The Balaban J connectivity index is 0.000000174. The van der Waals surface area contributed by atoms with Crippen molar-refractivity contribution in [3.05, 3.63) is 312 Å². The Morgan fingerprint density at radius 1 is 0.451 bits per heavy atom. The number of amides is 4. The van der Waals surface area contributed by atoms with E-state index in [0.717, 1.165) is 136 Å². The number of rotatable bonds is 21. The van der Waals surface area contributed by atoms with E-state index in [1.807, 2.05) is 188 Å². The second-order valence-electron chi connectivity index (χ2n) is 26.2. The molecule has 4 atom stereocenters. The number of imidazole rings is 2. The third-order valence-corrected chi connectivity index (χ3v) is 19.7. The molecule has 0 radical (unpaired) electrons. The van der Waals surface area contributed by atoms with Crippen LogP contribution < -0.4 is 26.6 Å². The summed E-state index contributed by atoms with van der Waals surface area (Å²) < 4.78 is 5.95. The van der Waals surface area contributed by atoms with Crippen LogP contribution in [0.4, 0.5) is 4.79 Å². The van der Waals surface area contributed by atoms with Gasteiger partial charge in [0, 0.05) is 71.7 Å². The molecule has 0 spiro atoms. The molecule has 1 fully saturated rings. The molecule has 0 unspecified atom stereocenters. The highest BCUT2D eigenvalue weighted by molar-refractivity contribution is 5.91. The van der Waals surface area contributed by atoms with E-state index in [1.54, 1.807) is 6.20 Å². The lowest BCUT2D eigenvalue weighted by Gasteiger charge is -2.26. The van der Waals surface area contributed by atoms with Crippen molar-refractivity contribution in [3.8, 4) is 33.6 Å². The molecule has 1 aliphatic carbocycles. The van der Waals surface area contributed by atoms with Crippen molar-refractivity contribution < 1.29 is 23.9 Å². The Labute approximate surface area is 592 Å². The molecule has 10 aromatic carbocycles. The zero-order chi connectivity index (χ0) is 68.4. The third kappa shape index (κ3) is 15.2. The van der Waals surface area contributed by atoms with Gasteiger partial charge in [-0.2, -0.15) is 0 Å². The minimum Gasteiger partial charge on any atom is -0.449 e. The number of carbonyl (C=O) groups is 4. The highest BCUT2D eigenvalue weighted by Crippen LogP contribution is 2.45. The lowest BCUT2D eigenvalue weighted by molar-refractivity contribution is -0.132. The Morgan fingerprint density at radius 3 is 1.38 bits per heavy atom. The number of ether oxygens (including phenoxy) is 1. The molecule has 2 aliphatic rings. The number of benzene rings is 10. The van der Waals surface area contributed by atoms with Gasteiger partial charge in [-0.25, -0.2) is 14.8 Å². The monoisotopic (exact) mass is 1350 g/mol. The molecule has 9 N–H and O–H groups in total. The van der Waals surface area contributed by atoms with Gasteiger partial charge in [0.05, 0.1) is 35.9 Å². The second kappa shape index (κ2) is 31.0. The maximum absolute atomic E-state index is 14.6. The number of aromatic nitrogens is 6. The molecule has 16 heteroatoms. The second-order valence-corrected chi connectivity index (χ2v) is 26.2. The molecule has 1 aliphatic heterocycles. The van der Waals surface area contributed by atoms with Gasteiger partial charge in [0.15, 0.2) is 0 Å². The predicted octanol–water partition coefficient (Wildman–Crippen LogP) is 15.7. The van der Waals surface area contributed by atoms with Gasteiger partial charge in [0.25, 0.3) is 0 Å². The average molecular weight is 1350 g/mol. The van der Waals surface area contributed by atoms with Crippen molar-refractivity contribution in [3.63, 3.8) is 0 Å². The van der Waals surface area contributed by atoms with Gasteiger partial charge in [-0.15, -0.1) is 0 Å². The zero-order valence-corrected chi connectivity index (χ0v) is 55.7. The van der Waals surface area contributed by atoms with E-state index in [1.165, 1.54) is 0 Å². The summed E-state index contributed by atoms with van der Waals surface area (Å²) >= 11 is 0. The number of nitrogens with zero attached hydrogens (tertiary/aromatic N) is 2. The van der Waals surface area contributed by atoms with Crippen molar-refractivity contribution in [2.45, 2.75) is 76.0 Å². The average Bonchev–Trinajstić information content (AvgIpc) is 1.63. The molecule has 1 saturated heterocycles. The Bertz CT molecular complexity index is 5200. The largest absolute Gasteiger partial charge is 0.449 e. The molecule has 102 heavy (non-hydrogen) atoms. The van der Waals surface area contributed by atoms with Crippen molar-refractivity contribution in [2.24, 2.45) is 5.92 Å². The topological polar surface area (TPSA) is 227 Å². The number of para-hydroxylation sites is 2. The van der Waals surface area contributed by atoms with Crippen molar-refractivity contribution in [1.82, 2.24) is 56.5 Å². The van der Waals surface area contributed by atoms with Crippen molar-refractivity contribution in [1.29, 1.82) is 0 Å². The van der Waals surface area contributed by atoms with Crippen LogP contribution in [0.3, 0.4) is 0 Å². The number of aromatic amines is 4. The number of carbonyl (C=O) groups excluding carboxylic acids is 4. The van der Waals surface area contributed by atoms with Crippen LogP contribution in [-0.2, 0) is 44.8 Å². The molecule has 14 aromatic rings. The Morgan fingerprint density at radius 2 is 0.882 bits per heavy atom. The SMILES string of the molecule is C.O=C(N[C@H](Cc1ccc2ccccc2c1)C(=O)N[C@H](Cc1c[nH]c2ccccc12)c1ncc(-c2ccccc2)[nH]1)C1CCNCC1.O=C(N[C@H](Cc1ccc2ccccc2c1)C(=O)N[C@H](Cc1c[nH]c2ccccc12)c1ncc(-c2ccccc2)[nH]1)OCC1c2ccccc2-c2ccccc21. The minimum absolute atomic E-state index is 0. The fourth-order valence-electron chi connectivity index (χ4n) is 14.4. The molecule has 4 aromatic heterocycles. The summed E-state index contributed by atoms with van der Waals surface area (Å²) in [6.45, 7) is 1.74. The van der Waals surface area contributed by atoms with E-state index >= 15 is 0 Å². The predicted molar refractivity (Wildman–Crippen MR) is 405 cm³/mol. The molecule has 0 bridgehead atoms. The Kier molecular flexibility index (Phi) is 20.4. The van der Waals surface area contributed by atoms with Gasteiger partial charge in [0.2, 0.25) is 17.7 Å². The van der Waals surface area contributed by atoms with Crippen LogP contribution in [0.1, 0.15) is 83.3 Å². The fourth-order valence-corrected chi connectivity index (χ4v) is 14.4. The molecule has 510 valence electrons. The van der Waals surface area contributed by atoms with Crippen LogP contribution in [0.5, 0.6) is 0 Å². The van der Waals surface area contributed by atoms with Crippen LogP contribution in [0.25, 0.3) is 77.0 Å². The van der Waals surface area contributed by atoms with Crippen molar-refractivity contribution >= 4 is 67.2 Å². The number of alkyl carbamates (subject to hydrolysis) is 1. The zero-order valence-electron chi connectivity index (χ0n) is 55.7. The summed E-state index contributed by atoms with van der Waals surface area (Å²) in [6, 6.07) is 78.6. The lowest BCUT2D eigenvalue weighted by Crippen LogP contribution is -2.51.